The third kappa shape index (κ3) is 4.06. The van der Waals surface area contributed by atoms with Crippen molar-refractivity contribution in [3.8, 4) is 0 Å². The minimum Gasteiger partial charge on any atom is -0.383 e. The fourth-order valence-electron chi connectivity index (χ4n) is 1.63. The van der Waals surface area contributed by atoms with Gasteiger partial charge in [-0.3, -0.25) is 4.90 Å². The highest BCUT2D eigenvalue weighted by Gasteiger charge is 2.14. The van der Waals surface area contributed by atoms with Crippen LogP contribution in [-0.2, 0) is 14.8 Å². The summed E-state index contributed by atoms with van der Waals surface area (Å²) in [6.07, 6.45) is 0. The fraction of sp³-hybridized carbons (Fsp3) is 0.500. The summed E-state index contributed by atoms with van der Waals surface area (Å²) in [7, 11) is -0.0262. The molecule has 1 rings (SSSR count). The summed E-state index contributed by atoms with van der Waals surface area (Å²) in [4.78, 5) is 2.23. The topological polar surface area (TPSA) is 72.6 Å². The zero-order valence-electron chi connectivity index (χ0n) is 11.0. The number of sulfonamides is 1. The molecule has 6 heteroatoms. The van der Waals surface area contributed by atoms with E-state index in [0.717, 1.165) is 12.1 Å². The maximum absolute atomic E-state index is 11.3. The summed E-state index contributed by atoms with van der Waals surface area (Å²) < 4.78 is 27.6. The average Bonchev–Trinajstić information content (AvgIpc) is 2.34. The van der Waals surface area contributed by atoms with Crippen molar-refractivity contribution in [2.75, 3.05) is 27.3 Å². The largest absolute Gasteiger partial charge is 0.383 e. The first kappa shape index (κ1) is 15.1. The van der Waals surface area contributed by atoms with E-state index >= 15 is 0 Å². The molecule has 0 unspecified atom stereocenters. The van der Waals surface area contributed by atoms with Gasteiger partial charge in [0.05, 0.1) is 11.5 Å². The van der Waals surface area contributed by atoms with Gasteiger partial charge in [0.1, 0.15) is 0 Å². The van der Waals surface area contributed by atoms with Gasteiger partial charge in [-0.15, -0.1) is 0 Å². The van der Waals surface area contributed by atoms with Crippen LogP contribution in [0.4, 0.5) is 0 Å². The Morgan fingerprint density at radius 1 is 1.44 bits per heavy atom. The first-order valence-electron chi connectivity index (χ1n) is 5.68. The molecule has 0 amide bonds. The second-order valence-electron chi connectivity index (χ2n) is 4.27. The van der Waals surface area contributed by atoms with Crippen LogP contribution in [0.15, 0.2) is 29.2 Å². The van der Waals surface area contributed by atoms with Gasteiger partial charge in [-0.2, -0.15) is 0 Å². The van der Waals surface area contributed by atoms with Gasteiger partial charge in [0, 0.05) is 19.7 Å². The monoisotopic (exact) mass is 272 g/mol. The molecule has 18 heavy (non-hydrogen) atoms. The van der Waals surface area contributed by atoms with Crippen molar-refractivity contribution in [2.24, 2.45) is 5.14 Å². The molecule has 1 aromatic carbocycles. The van der Waals surface area contributed by atoms with Gasteiger partial charge in [-0.1, -0.05) is 12.1 Å². The van der Waals surface area contributed by atoms with Crippen LogP contribution in [0.1, 0.15) is 18.5 Å². The summed E-state index contributed by atoms with van der Waals surface area (Å²) in [6, 6.07) is 6.81. The van der Waals surface area contributed by atoms with Crippen molar-refractivity contribution >= 4 is 10.0 Å². The lowest BCUT2D eigenvalue weighted by Gasteiger charge is -2.24. The highest BCUT2D eigenvalue weighted by molar-refractivity contribution is 7.89. The number of likely N-dealkylation sites (N-methyl/N-ethyl adjacent to an activating group) is 1. The predicted molar refractivity (Wildman–Crippen MR) is 70.7 cm³/mol. The first-order valence-corrected chi connectivity index (χ1v) is 7.23. The second-order valence-corrected chi connectivity index (χ2v) is 5.83. The number of primary sulfonamides is 1. The molecule has 0 spiro atoms. The molecule has 0 radical (unpaired) electrons. The molecule has 5 nitrogen and oxygen atoms in total. The molecule has 102 valence electrons. The maximum Gasteiger partial charge on any atom is 0.238 e. The SMILES string of the molecule is COCCN(C)[C@@H](C)c1cccc(S(N)(=O)=O)c1. The van der Waals surface area contributed by atoms with E-state index in [1.54, 1.807) is 19.2 Å². The van der Waals surface area contributed by atoms with E-state index in [1.165, 1.54) is 6.07 Å². The quantitative estimate of drug-likeness (QED) is 0.837. The highest BCUT2D eigenvalue weighted by atomic mass is 32.2. The summed E-state index contributed by atoms with van der Waals surface area (Å²) in [6.45, 7) is 3.42. The molecule has 0 aliphatic heterocycles. The van der Waals surface area contributed by atoms with E-state index in [1.807, 2.05) is 20.0 Å². The molecule has 1 aromatic rings. The van der Waals surface area contributed by atoms with Crippen molar-refractivity contribution in [3.63, 3.8) is 0 Å². The fourth-order valence-corrected chi connectivity index (χ4v) is 2.20. The highest BCUT2D eigenvalue weighted by Crippen LogP contribution is 2.20. The lowest BCUT2D eigenvalue weighted by Crippen LogP contribution is -2.26. The van der Waals surface area contributed by atoms with Gasteiger partial charge >= 0.3 is 0 Å². The number of nitrogens with two attached hydrogens (primary N) is 1. The van der Waals surface area contributed by atoms with E-state index < -0.39 is 10.0 Å². The van der Waals surface area contributed by atoms with E-state index in [9.17, 15) is 8.42 Å². The third-order valence-electron chi connectivity index (χ3n) is 2.98. The Morgan fingerprint density at radius 3 is 2.67 bits per heavy atom. The van der Waals surface area contributed by atoms with E-state index in [4.69, 9.17) is 9.88 Å². The molecular formula is C12H20N2O3S. The Labute approximate surface area is 109 Å². The molecule has 0 aliphatic carbocycles. The molecule has 1 atom stereocenters. The van der Waals surface area contributed by atoms with Gasteiger partial charge in [0.25, 0.3) is 0 Å². The van der Waals surface area contributed by atoms with Crippen molar-refractivity contribution in [2.45, 2.75) is 17.9 Å². The average molecular weight is 272 g/mol. The van der Waals surface area contributed by atoms with Gasteiger partial charge in [-0.05, 0) is 31.7 Å². The summed E-state index contributed by atoms with van der Waals surface area (Å²) >= 11 is 0. The minimum atomic E-state index is -3.64. The Hall–Kier alpha value is -0.950. The Balaban J connectivity index is 2.90. The molecule has 0 bridgehead atoms. The van der Waals surface area contributed by atoms with E-state index in [2.05, 4.69) is 4.90 Å². The molecule has 2 N–H and O–H groups in total. The van der Waals surface area contributed by atoms with Crippen LogP contribution in [0.25, 0.3) is 0 Å². The van der Waals surface area contributed by atoms with Gasteiger partial charge < -0.3 is 4.74 Å². The van der Waals surface area contributed by atoms with Crippen molar-refractivity contribution in [3.05, 3.63) is 29.8 Å². The van der Waals surface area contributed by atoms with Crippen LogP contribution in [0.2, 0.25) is 0 Å². The maximum atomic E-state index is 11.3. The van der Waals surface area contributed by atoms with Crippen molar-refractivity contribution in [1.82, 2.24) is 4.90 Å². The number of benzene rings is 1. The van der Waals surface area contributed by atoms with Crippen LogP contribution < -0.4 is 5.14 Å². The van der Waals surface area contributed by atoms with Crippen LogP contribution in [-0.4, -0.2) is 40.6 Å². The van der Waals surface area contributed by atoms with E-state index in [0.29, 0.717) is 6.61 Å². The Bertz CT molecular complexity index is 488. The molecule has 0 aromatic heterocycles. The van der Waals surface area contributed by atoms with E-state index in [-0.39, 0.29) is 10.9 Å². The number of nitrogens with zero attached hydrogens (tertiary/aromatic N) is 1. The molecule has 0 fully saturated rings. The third-order valence-corrected chi connectivity index (χ3v) is 3.89. The van der Waals surface area contributed by atoms with Crippen LogP contribution in [0, 0.1) is 0 Å². The van der Waals surface area contributed by atoms with Gasteiger partial charge in [0.15, 0.2) is 0 Å². The normalized spacial score (nSPS) is 13.8. The van der Waals surface area contributed by atoms with Crippen LogP contribution in [0.3, 0.4) is 0 Å². The summed E-state index contributed by atoms with van der Waals surface area (Å²) in [5.41, 5.74) is 0.917. The first-order chi connectivity index (χ1) is 8.36. The predicted octanol–water partition coefficient (Wildman–Crippen LogP) is 0.973. The number of rotatable bonds is 6. The Kier molecular flexibility index (Phi) is 5.28. The number of methoxy groups -OCH3 is 1. The Morgan fingerprint density at radius 2 is 2.11 bits per heavy atom. The number of hydrogen-bond acceptors (Lipinski definition) is 4. The summed E-state index contributed by atoms with van der Waals surface area (Å²) in [5.74, 6) is 0. The number of ether oxygens (including phenoxy) is 1. The summed E-state index contributed by atoms with van der Waals surface area (Å²) in [5, 5.41) is 5.12. The smallest absolute Gasteiger partial charge is 0.238 e. The lowest BCUT2D eigenvalue weighted by atomic mass is 10.1. The molecular weight excluding hydrogens is 252 g/mol. The molecule has 0 saturated carbocycles. The minimum absolute atomic E-state index is 0.0989. The zero-order chi connectivity index (χ0) is 13.8. The molecule has 0 aliphatic rings. The van der Waals surface area contributed by atoms with Crippen molar-refractivity contribution < 1.29 is 13.2 Å². The van der Waals surface area contributed by atoms with Crippen LogP contribution >= 0.6 is 0 Å². The van der Waals surface area contributed by atoms with Crippen molar-refractivity contribution in [1.29, 1.82) is 0 Å². The van der Waals surface area contributed by atoms with Gasteiger partial charge in [0.2, 0.25) is 10.0 Å². The number of hydrogen-bond donors (Lipinski definition) is 1. The zero-order valence-corrected chi connectivity index (χ0v) is 11.8. The van der Waals surface area contributed by atoms with Crippen LogP contribution in [0.5, 0.6) is 0 Å². The molecule has 0 heterocycles. The second kappa shape index (κ2) is 6.29. The lowest BCUT2D eigenvalue weighted by molar-refractivity contribution is 0.143. The van der Waals surface area contributed by atoms with Gasteiger partial charge in [-0.25, -0.2) is 13.6 Å². The standard InChI is InChI=1S/C12H20N2O3S/c1-10(14(2)7-8-17-3)11-5-4-6-12(9-11)18(13,15)16/h4-6,9-10H,7-8H2,1-3H3,(H2,13,15,16)/t10-/m0/s1. The molecule has 0 saturated heterocycles.